The first-order valence-corrected chi connectivity index (χ1v) is 9.87. The Hall–Kier alpha value is -3.36. The maximum absolute atomic E-state index is 12.3. The molecule has 0 aliphatic rings. The van der Waals surface area contributed by atoms with Crippen molar-refractivity contribution in [3.05, 3.63) is 88.4 Å². The van der Waals surface area contributed by atoms with Crippen molar-refractivity contribution in [2.24, 2.45) is 0 Å². The van der Waals surface area contributed by atoms with Crippen LogP contribution in [0.4, 0.5) is 0 Å². The molecule has 0 aliphatic carbocycles. The molecule has 0 bridgehead atoms. The number of nitrogens with zero attached hydrogens (tertiary/aromatic N) is 5. The van der Waals surface area contributed by atoms with E-state index in [-0.39, 0.29) is 10.9 Å². The Morgan fingerprint density at radius 3 is 2.55 bits per heavy atom. The van der Waals surface area contributed by atoms with Gasteiger partial charge in [-0.2, -0.15) is 5.10 Å². The first-order chi connectivity index (χ1) is 14.2. The molecule has 0 spiro atoms. The molecule has 2 heterocycles. The van der Waals surface area contributed by atoms with Crippen LogP contribution < -0.4 is 5.32 Å². The lowest BCUT2D eigenvalue weighted by molar-refractivity contribution is 0.0950. The van der Waals surface area contributed by atoms with E-state index in [4.69, 9.17) is 11.6 Å². The molecule has 0 unspecified atom stereocenters. The van der Waals surface area contributed by atoms with Gasteiger partial charge in [-0.3, -0.25) is 4.79 Å². The third-order valence-corrected chi connectivity index (χ3v) is 5.34. The number of amides is 1. The normalized spacial score (nSPS) is 11.4. The second-order valence-electron chi connectivity index (χ2n) is 6.00. The van der Waals surface area contributed by atoms with Crippen LogP contribution >= 0.6 is 22.9 Å². The predicted molar refractivity (Wildman–Crippen MR) is 113 cm³/mol. The molecular weight excluding hydrogens is 408 g/mol. The molecule has 9 heteroatoms. The molecule has 2 aromatic carbocycles. The third kappa shape index (κ3) is 4.74. The van der Waals surface area contributed by atoms with Gasteiger partial charge in [-0.1, -0.05) is 65.4 Å². The summed E-state index contributed by atoms with van der Waals surface area (Å²) in [6.07, 6.45) is 4.88. The summed E-state index contributed by atoms with van der Waals surface area (Å²) in [7, 11) is 0. The van der Waals surface area contributed by atoms with Crippen molar-refractivity contribution < 1.29 is 4.79 Å². The summed E-state index contributed by atoms with van der Waals surface area (Å²) < 4.78 is 1.67. The Labute approximate surface area is 175 Å². The van der Waals surface area contributed by atoms with Gasteiger partial charge in [0.2, 0.25) is 5.01 Å². The summed E-state index contributed by atoms with van der Waals surface area (Å²) >= 11 is 7.53. The summed E-state index contributed by atoms with van der Waals surface area (Å²) in [5.74, 6) is -0.278. The number of rotatable bonds is 6. The fourth-order valence-corrected chi connectivity index (χ4v) is 3.49. The first kappa shape index (κ1) is 19.0. The smallest absolute Gasteiger partial charge is 0.282 e. The molecule has 0 atom stereocenters. The summed E-state index contributed by atoms with van der Waals surface area (Å²) in [6.45, 7) is 0.427. The minimum absolute atomic E-state index is 0.268. The predicted octanol–water partition coefficient (Wildman–Crippen LogP) is 3.79. The van der Waals surface area contributed by atoms with Gasteiger partial charge in [0.15, 0.2) is 5.01 Å². The highest BCUT2D eigenvalue weighted by Crippen LogP contribution is 2.25. The largest absolute Gasteiger partial charge is 0.346 e. The van der Waals surface area contributed by atoms with Crippen LogP contribution in [0.15, 0.2) is 67.3 Å². The van der Waals surface area contributed by atoms with Crippen molar-refractivity contribution in [3.8, 4) is 5.69 Å². The van der Waals surface area contributed by atoms with Crippen LogP contribution in [0.3, 0.4) is 0 Å². The molecule has 29 heavy (non-hydrogen) atoms. The lowest BCUT2D eigenvalue weighted by atomic mass is 10.2. The molecule has 4 rings (SSSR count). The molecular formula is C20H15ClN6OS. The second kappa shape index (κ2) is 8.76. The third-order valence-electron chi connectivity index (χ3n) is 3.99. The van der Waals surface area contributed by atoms with E-state index in [1.165, 1.54) is 6.33 Å². The van der Waals surface area contributed by atoms with Crippen LogP contribution in [-0.4, -0.2) is 30.9 Å². The summed E-state index contributed by atoms with van der Waals surface area (Å²) in [5.41, 5.74) is 2.80. The Kier molecular flexibility index (Phi) is 5.73. The fraction of sp³-hybridized carbons (Fsp3) is 0.0500. The van der Waals surface area contributed by atoms with Crippen molar-refractivity contribution in [2.75, 3.05) is 0 Å². The van der Waals surface area contributed by atoms with E-state index < -0.39 is 0 Å². The molecule has 144 valence electrons. The maximum atomic E-state index is 12.3. The molecule has 0 radical (unpaired) electrons. The lowest BCUT2D eigenvalue weighted by Crippen LogP contribution is -2.22. The summed E-state index contributed by atoms with van der Waals surface area (Å²) in [6, 6.07) is 17.3. The number of carbonyl (C=O) groups is 1. The van der Waals surface area contributed by atoms with E-state index in [1.54, 1.807) is 17.1 Å². The highest BCUT2D eigenvalue weighted by atomic mass is 35.5. The van der Waals surface area contributed by atoms with Crippen LogP contribution in [0.5, 0.6) is 0 Å². The number of hydrogen-bond acceptors (Lipinski definition) is 6. The number of hydrogen-bond donors (Lipinski definition) is 1. The van der Waals surface area contributed by atoms with Crippen LogP contribution in [0.25, 0.3) is 16.8 Å². The number of carbonyl (C=O) groups excluding carboxylic acids is 1. The maximum Gasteiger partial charge on any atom is 0.282 e. The van der Waals surface area contributed by atoms with Crippen molar-refractivity contribution in [1.29, 1.82) is 0 Å². The summed E-state index contributed by atoms with van der Waals surface area (Å²) in [5, 5.41) is 16.1. The van der Waals surface area contributed by atoms with E-state index in [2.05, 4.69) is 25.6 Å². The average Bonchev–Trinajstić information content (AvgIpc) is 3.46. The molecule has 0 saturated carbocycles. The topological polar surface area (TPSA) is 85.6 Å². The minimum atomic E-state index is -0.278. The van der Waals surface area contributed by atoms with Gasteiger partial charge < -0.3 is 5.32 Å². The van der Waals surface area contributed by atoms with Crippen molar-refractivity contribution in [2.45, 2.75) is 6.54 Å². The number of aromatic nitrogens is 5. The van der Waals surface area contributed by atoms with Gasteiger partial charge in [-0.25, -0.2) is 9.67 Å². The van der Waals surface area contributed by atoms with Crippen LogP contribution in [0, 0.1) is 0 Å². The van der Waals surface area contributed by atoms with E-state index in [0.717, 1.165) is 28.2 Å². The monoisotopic (exact) mass is 422 g/mol. The highest BCUT2D eigenvalue weighted by molar-refractivity contribution is 7.15. The zero-order valence-corrected chi connectivity index (χ0v) is 16.6. The molecule has 0 fully saturated rings. The van der Waals surface area contributed by atoms with Gasteiger partial charge >= 0.3 is 0 Å². The SMILES string of the molecule is O=C(NCc1ccccc1)c1nnc(/C(Cl)=C\c2ccc(-n3cncn3)cc2)s1. The second-order valence-corrected chi connectivity index (χ2v) is 7.39. The van der Waals surface area contributed by atoms with Gasteiger partial charge in [-0.05, 0) is 29.3 Å². The van der Waals surface area contributed by atoms with E-state index in [1.807, 2.05) is 54.6 Å². The molecule has 0 aliphatic heterocycles. The Bertz CT molecular complexity index is 1120. The quantitative estimate of drug-likeness (QED) is 0.511. The van der Waals surface area contributed by atoms with Gasteiger partial charge in [0.05, 0.1) is 10.7 Å². The van der Waals surface area contributed by atoms with Crippen molar-refractivity contribution >= 4 is 40.0 Å². The number of halogens is 1. The van der Waals surface area contributed by atoms with Crippen LogP contribution in [0.1, 0.15) is 25.9 Å². The number of benzene rings is 2. The molecule has 1 N–H and O–H groups in total. The van der Waals surface area contributed by atoms with Gasteiger partial charge in [0.1, 0.15) is 12.7 Å². The zero-order valence-electron chi connectivity index (χ0n) is 15.1. The number of nitrogens with one attached hydrogen (secondary N) is 1. The van der Waals surface area contributed by atoms with Crippen molar-refractivity contribution in [3.63, 3.8) is 0 Å². The fourth-order valence-electron chi connectivity index (χ4n) is 2.54. The highest BCUT2D eigenvalue weighted by Gasteiger charge is 2.14. The van der Waals surface area contributed by atoms with Crippen LogP contribution in [-0.2, 0) is 6.54 Å². The molecule has 7 nitrogen and oxygen atoms in total. The standard InChI is InChI=1S/C20H15ClN6OS/c21-17(10-14-6-8-16(9-7-14)27-13-22-12-24-27)19-25-26-20(29-19)18(28)23-11-15-4-2-1-3-5-15/h1-10,12-13H,11H2,(H,23,28)/b17-10+. The van der Waals surface area contributed by atoms with Gasteiger partial charge in [0, 0.05) is 6.54 Å². The Balaban J connectivity index is 1.42. The van der Waals surface area contributed by atoms with E-state index in [0.29, 0.717) is 16.6 Å². The zero-order chi connectivity index (χ0) is 20.1. The average molecular weight is 423 g/mol. The lowest BCUT2D eigenvalue weighted by Gasteiger charge is -2.02. The first-order valence-electron chi connectivity index (χ1n) is 8.67. The van der Waals surface area contributed by atoms with E-state index >= 15 is 0 Å². The molecule has 2 aromatic heterocycles. The molecule has 0 saturated heterocycles. The van der Waals surface area contributed by atoms with E-state index in [9.17, 15) is 4.79 Å². The summed E-state index contributed by atoms with van der Waals surface area (Å²) in [4.78, 5) is 16.2. The van der Waals surface area contributed by atoms with Gasteiger partial charge in [0.25, 0.3) is 5.91 Å². The Morgan fingerprint density at radius 2 is 1.83 bits per heavy atom. The van der Waals surface area contributed by atoms with Crippen LogP contribution in [0.2, 0.25) is 0 Å². The molecule has 1 amide bonds. The Morgan fingerprint density at radius 1 is 1.07 bits per heavy atom. The van der Waals surface area contributed by atoms with Gasteiger partial charge in [-0.15, -0.1) is 10.2 Å². The molecule has 4 aromatic rings. The minimum Gasteiger partial charge on any atom is -0.346 e. The van der Waals surface area contributed by atoms with Crippen molar-refractivity contribution in [1.82, 2.24) is 30.3 Å².